The first kappa shape index (κ1) is 20.2. The van der Waals surface area contributed by atoms with Gasteiger partial charge in [0.1, 0.15) is 5.75 Å². The van der Waals surface area contributed by atoms with Crippen LogP contribution in [0.15, 0.2) is 48.5 Å². The maximum atomic E-state index is 12.5. The lowest BCUT2D eigenvalue weighted by Gasteiger charge is -2.34. The number of carbonyl (C=O) groups is 2. The van der Waals surface area contributed by atoms with Crippen LogP contribution in [0.2, 0.25) is 5.02 Å². The Morgan fingerprint density at radius 2 is 1.54 bits per heavy atom. The molecule has 0 atom stereocenters. The Labute approximate surface area is 170 Å². The summed E-state index contributed by atoms with van der Waals surface area (Å²) in [5.74, 6) is 0.786. The zero-order valence-electron chi connectivity index (χ0n) is 16.1. The number of halogens is 1. The fourth-order valence-corrected chi connectivity index (χ4v) is 3.39. The monoisotopic (exact) mass is 400 g/mol. The zero-order chi connectivity index (χ0) is 19.9. The van der Waals surface area contributed by atoms with E-state index in [1.807, 2.05) is 41.3 Å². The van der Waals surface area contributed by atoms with Gasteiger partial charge in [0.2, 0.25) is 5.91 Å². The fourth-order valence-electron chi connectivity index (χ4n) is 3.26. The first-order valence-electron chi connectivity index (χ1n) is 9.57. The Morgan fingerprint density at radius 1 is 0.929 bits per heavy atom. The van der Waals surface area contributed by atoms with Gasteiger partial charge in [-0.15, -0.1) is 0 Å². The maximum absolute atomic E-state index is 12.5. The van der Waals surface area contributed by atoms with Crippen LogP contribution in [-0.2, 0) is 22.4 Å². The third kappa shape index (κ3) is 5.26. The Hall–Kier alpha value is -2.53. The number of aryl methyl sites for hydroxylation is 1. The molecule has 2 aromatic rings. The Balaban J connectivity index is 1.45. The van der Waals surface area contributed by atoms with Gasteiger partial charge in [0, 0.05) is 31.2 Å². The van der Waals surface area contributed by atoms with E-state index in [4.69, 9.17) is 16.3 Å². The molecule has 1 fully saturated rings. The number of rotatable bonds is 6. The fraction of sp³-hybridized carbons (Fsp3) is 0.364. The first-order valence-corrected chi connectivity index (χ1v) is 9.95. The number of ether oxygens (including phenoxy) is 1. The number of hydrogen-bond donors (Lipinski definition) is 0. The van der Waals surface area contributed by atoms with E-state index in [-0.39, 0.29) is 18.4 Å². The molecule has 0 aromatic heterocycles. The summed E-state index contributed by atoms with van der Waals surface area (Å²) in [6, 6.07) is 15.1. The molecule has 0 bridgehead atoms. The van der Waals surface area contributed by atoms with E-state index in [1.54, 1.807) is 17.0 Å². The molecule has 0 N–H and O–H groups in total. The molecule has 2 aromatic carbocycles. The van der Waals surface area contributed by atoms with Crippen LogP contribution in [0.5, 0.6) is 5.75 Å². The van der Waals surface area contributed by atoms with Crippen molar-refractivity contribution in [2.24, 2.45) is 0 Å². The summed E-state index contributed by atoms with van der Waals surface area (Å²) in [5.41, 5.74) is 2.03. The summed E-state index contributed by atoms with van der Waals surface area (Å²) in [4.78, 5) is 28.5. The highest BCUT2D eigenvalue weighted by Gasteiger charge is 2.24. The van der Waals surface area contributed by atoms with Gasteiger partial charge in [-0.1, -0.05) is 48.9 Å². The minimum atomic E-state index is -0.0456. The Kier molecular flexibility index (Phi) is 6.93. The molecule has 6 heteroatoms. The summed E-state index contributed by atoms with van der Waals surface area (Å²) in [6.45, 7) is 4.24. The van der Waals surface area contributed by atoms with Crippen molar-refractivity contribution in [1.29, 1.82) is 0 Å². The van der Waals surface area contributed by atoms with Crippen molar-refractivity contribution in [3.63, 3.8) is 0 Å². The van der Waals surface area contributed by atoms with Gasteiger partial charge in [0.15, 0.2) is 6.61 Å². The van der Waals surface area contributed by atoms with Crippen molar-refractivity contribution in [3.05, 3.63) is 64.7 Å². The number of benzene rings is 2. The number of carbonyl (C=O) groups excluding carboxylic acids is 2. The molecule has 2 amide bonds. The lowest BCUT2D eigenvalue weighted by atomic mass is 10.1. The summed E-state index contributed by atoms with van der Waals surface area (Å²) >= 11 is 5.88. The van der Waals surface area contributed by atoms with E-state index in [1.165, 1.54) is 0 Å². The topological polar surface area (TPSA) is 49.9 Å². The second-order valence-electron chi connectivity index (χ2n) is 6.81. The molecule has 0 radical (unpaired) electrons. The average molecular weight is 401 g/mol. The molecule has 28 heavy (non-hydrogen) atoms. The molecule has 3 rings (SSSR count). The maximum Gasteiger partial charge on any atom is 0.260 e. The minimum Gasteiger partial charge on any atom is -0.483 e. The lowest BCUT2D eigenvalue weighted by molar-refractivity contribution is -0.140. The third-order valence-electron chi connectivity index (χ3n) is 4.96. The van der Waals surface area contributed by atoms with Crippen molar-refractivity contribution in [2.75, 3.05) is 32.8 Å². The van der Waals surface area contributed by atoms with Crippen LogP contribution in [0.3, 0.4) is 0 Å². The molecule has 148 valence electrons. The molecule has 0 aliphatic carbocycles. The van der Waals surface area contributed by atoms with E-state index in [9.17, 15) is 9.59 Å². The molecule has 0 spiro atoms. The summed E-state index contributed by atoms with van der Waals surface area (Å²) < 4.78 is 5.72. The van der Waals surface area contributed by atoms with Gasteiger partial charge in [-0.05, 0) is 35.7 Å². The molecule has 5 nitrogen and oxygen atoms in total. The molecule has 1 saturated heterocycles. The molecule has 0 saturated carbocycles. The molecule has 1 aliphatic rings. The van der Waals surface area contributed by atoms with E-state index in [0.717, 1.165) is 23.3 Å². The smallest absolute Gasteiger partial charge is 0.260 e. The third-order valence-corrected chi connectivity index (χ3v) is 5.21. The lowest BCUT2D eigenvalue weighted by Crippen LogP contribution is -2.52. The summed E-state index contributed by atoms with van der Waals surface area (Å²) in [7, 11) is 0. The van der Waals surface area contributed by atoms with Crippen molar-refractivity contribution in [2.45, 2.75) is 19.8 Å². The second-order valence-corrected chi connectivity index (χ2v) is 7.25. The summed E-state index contributed by atoms with van der Waals surface area (Å²) in [5, 5.41) is 0.659. The van der Waals surface area contributed by atoms with Crippen LogP contribution < -0.4 is 4.74 Å². The first-order chi connectivity index (χ1) is 13.6. The van der Waals surface area contributed by atoms with Crippen LogP contribution in [0.1, 0.15) is 18.1 Å². The number of piperazine rings is 1. The van der Waals surface area contributed by atoms with Gasteiger partial charge in [0.25, 0.3) is 5.91 Å². The number of para-hydroxylation sites is 1. The molecular formula is C22H25ClN2O3. The van der Waals surface area contributed by atoms with Crippen LogP contribution in [0, 0.1) is 0 Å². The van der Waals surface area contributed by atoms with Gasteiger partial charge in [-0.3, -0.25) is 9.59 Å². The zero-order valence-corrected chi connectivity index (χ0v) is 16.8. The Morgan fingerprint density at radius 3 is 2.18 bits per heavy atom. The van der Waals surface area contributed by atoms with E-state index in [2.05, 4.69) is 6.92 Å². The average Bonchev–Trinajstić information content (AvgIpc) is 2.74. The van der Waals surface area contributed by atoms with Crippen LogP contribution in [-0.4, -0.2) is 54.4 Å². The van der Waals surface area contributed by atoms with E-state index >= 15 is 0 Å². The minimum absolute atomic E-state index is 0.0235. The highest BCUT2D eigenvalue weighted by Crippen LogP contribution is 2.18. The van der Waals surface area contributed by atoms with Gasteiger partial charge in [-0.25, -0.2) is 0 Å². The molecule has 0 unspecified atom stereocenters. The summed E-state index contributed by atoms with van der Waals surface area (Å²) in [6.07, 6.45) is 1.21. The van der Waals surface area contributed by atoms with E-state index in [0.29, 0.717) is 37.6 Å². The molecular weight excluding hydrogens is 376 g/mol. The Bertz CT molecular complexity index is 815. The second kappa shape index (κ2) is 9.60. The SMILES string of the molecule is CCc1ccccc1OCC(=O)N1CCN(C(=O)Cc2ccc(Cl)cc2)CC1. The van der Waals surface area contributed by atoms with Crippen LogP contribution in [0.25, 0.3) is 0 Å². The van der Waals surface area contributed by atoms with Crippen molar-refractivity contribution < 1.29 is 14.3 Å². The van der Waals surface area contributed by atoms with Crippen molar-refractivity contribution in [1.82, 2.24) is 9.80 Å². The highest BCUT2D eigenvalue weighted by atomic mass is 35.5. The predicted molar refractivity (Wildman–Crippen MR) is 110 cm³/mol. The number of amides is 2. The molecule has 1 heterocycles. The molecule has 1 aliphatic heterocycles. The van der Waals surface area contributed by atoms with Crippen LogP contribution in [0.4, 0.5) is 0 Å². The van der Waals surface area contributed by atoms with E-state index < -0.39 is 0 Å². The quantitative estimate of drug-likeness (QED) is 0.748. The number of nitrogens with zero attached hydrogens (tertiary/aromatic N) is 2. The number of hydrogen-bond acceptors (Lipinski definition) is 3. The van der Waals surface area contributed by atoms with Gasteiger partial charge >= 0.3 is 0 Å². The van der Waals surface area contributed by atoms with Crippen molar-refractivity contribution in [3.8, 4) is 5.75 Å². The normalized spacial score (nSPS) is 14.1. The largest absolute Gasteiger partial charge is 0.483 e. The standard InChI is InChI=1S/C22H25ClN2O3/c1-2-18-5-3-4-6-20(18)28-16-22(27)25-13-11-24(12-14-25)21(26)15-17-7-9-19(23)10-8-17/h3-10H,2,11-16H2,1H3. The van der Waals surface area contributed by atoms with Gasteiger partial charge in [-0.2, -0.15) is 0 Å². The van der Waals surface area contributed by atoms with Gasteiger partial charge in [0.05, 0.1) is 6.42 Å². The predicted octanol–water partition coefficient (Wildman–Crippen LogP) is 3.19. The highest BCUT2D eigenvalue weighted by molar-refractivity contribution is 6.30. The van der Waals surface area contributed by atoms with Crippen molar-refractivity contribution >= 4 is 23.4 Å². The van der Waals surface area contributed by atoms with Crippen LogP contribution >= 0.6 is 11.6 Å². The van der Waals surface area contributed by atoms with Gasteiger partial charge < -0.3 is 14.5 Å².